The number of hydrogen-bond acceptors (Lipinski definition) is 0. The minimum absolute atomic E-state index is 0.373. The number of rotatable bonds is 2. The smallest absolute Gasteiger partial charge is 0.0622 e. The van der Waals surface area contributed by atoms with Crippen molar-refractivity contribution in [3.05, 3.63) is 107 Å². The molecular formula is C23H22. The Morgan fingerprint density at radius 2 is 1.61 bits per heavy atom. The van der Waals surface area contributed by atoms with Crippen LogP contribution in [-0.2, 0) is 6.42 Å². The number of hydrogen-bond donors (Lipinski definition) is 0. The predicted octanol–water partition coefficient (Wildman–Crippen LogP) is 5.86. The molecule has 0 aromatic heterocycles. The summed E-state index contributed by atoms with van der Waals surface area (Å²) in [5, 5.41) is 0. The van der Waals surface area contributed by atoms with E-state index in [-0.39, 0.29) is 0 Å². The van der Waals surface area contributed by atoms with Crippen LogP contribution in [-0.4, -0.2) is 0 Å². The van der Waals surface area contributed by atoms with Crippen LogP contribution in [0.1, 0.15) is 47.4 Å². The molecule has 0 heteroatoms. The fourth-order valence-electron chi connectivity index (χ4n) is 4.03. The van der Waals surface area contributed by atoms with Gasteiger partial charge in [-0.25, -0.2) is 0 Å². The monoisotopic (exact) mass is 299 g/mol. The molecule has 0 heterocycles. The number of benzene rings is 3. The third-order valence-electron chi connectivity index (χ3n) is 5.09. The summed E-state index contributed by atoms with van der Waals surface area (Å²) >= 11 is 0. The second-order valence-electron chi connectivity index (χ2n) is 6.57. The van der Waals surface area contributed by atoms with Crippen molar-refractivity contribution in [3.63, 3.8) is 0 Å². The average Bonchev–Trinajstić information content (AvgIpc) is 2.62. The molecule has 0 saturated carbocycles. The molecule has 1 aliphatic rings. The van der Waals surface area contributed by atoms with Gasteiger partial charge in [-0.15, -0.1) is 0 Å². The first-order valence-corrected chi connectivity index (χ1v) is 8.43. The molecule has 2 atom stereocenters. The molecular weight excluding hydrogens is 276 g/mol. The lowest BCUT2D eigenvalue weighted by Gasteiger charge is -2.35. The maximum Gasteiger partial charge on any atom is 0.0623 e. The summed E-state index contributed by atoms with van der Waals surface area (Å²) in [6.07, 6.45) is 2.32. The Balaban J connectivity index is 1.86. The van der Waals surface area contributed by atoms with Crippen molar-refractivity contribution in [3.8, 4) is 0 Å². The molecule has 0 nitrogen and oxygen atoms in total. The van der Waals surface area contributed by atoms with Gasteiger partial charge in [0, 0.05) is 5.92 Å². The Morgan fingerprint density at radius 3 is 2.39 bits per heavy atom. The highest BCUT2D eigenvalue weighted by Crippen LogP contribution is 2.46. The van der Waals surface area contributed by atoms with Crippen molar-refractivity contribution in [1.82, 2.24) is 0 Å². The third kappa shape index (κ3) is 2.70. The van der Waals surface area contributed by atoms with Gasteiger partial charge in [0.25, 0.3) is 0 Å². The van der Waals surface area contributed by atoms with E-state index in [4.69, 9.17) is 1.37 Å². The van der Waals surface area contributed by atoms with E-state index in [1.165, 1.54) is 34.2 Å². The van der Waals surface area contributed by atoms with Crippen molar-refractivity contribution in [2.75, 3.05) is 0 Å². The van der Waals surface area contributed by atoms with Gasteiger partial charge in [0.15, 0.2) is 0 Å². The maximum atomic E-state index is 7.79. The van der Waals surface area contributed by atoms with E-state index in [0.717, 1.165) is 6.42 Å². The average molecular weight is 299 g/mol. The Kier molecular flexibility index (Phi) is 3.45. The van der Waals surface area contributed by atoms with Crippen molar-refractivity contribution in [2.45, 2.75) is 31.6 Å². The van der Waals surface area contributed by atoms with Crippen LogP contribution < -0.4 is 0 Å². The quantitative estimate of drug-likeness (QED) is 0.556. The lowest BCUT2D eigenvalue weighted by Crippen LogP contribution is -2.20. The van der Waals surface area contributed by atoms with Gasteiger partial charge in [0.2, 0.25) is 0 Å². The van der Waals surface area contributed by atoms with Gasteiger partial charge >= 0.3 is 0 Å². The molecule has 1 aliphatic carbocycles. The molecule has 2 unspecified atom stereocenters. The molecule has 114 valence electrons. The van der Waals surface area contributed by atoms with Gasteiger partial charge in [-0.2, -0.15) is 0 Å². The molecule has 0 amide bonds. The van der Waals surface area contributed by atoms with Crippen molar-refractivity contribution in [2.24, 2.45) is 0 Å². The zero-order valence-electron chi connectivity index (χ0n) is 14.5. The van der Waals surface area contributed by atoms with Gasteiger partial charge < -0.3 is 0 Å². The first kappa shape index (κ1) is 13.1. The second kappa shape index (κ2) is 6.04. The minimum Gasteiger partial charge on any atom is -0.0622 e. The van der Waals surface area contributed by atoms with Crippen LogP contribution in [0.15, 0.2) is 78.8 Å². The Hall–Kier alpha value is -2.34. The highest BCUT2D eigenvalue weighted by Gasteiger charge is 2.31. The Labute approximate surface area is 140 Å². The van der Waals surface area contributed by atoms with Crippen LogP contribution in [0.25, 0.3) is 0 Å². The number of aryl methyl sites for hydroxylation is 2. The molecule has 0 fully saturated rings. The predicted molar refractivity (Wildman–Crippen MR) is 97.0 cm³/mol. The standard InChI is InChI=1S/C23H22/c1-17-12-14-22-20(16-17)13-15-21(18-8-4-2-5-9-18)23(22)19-10-6-3-7-11-19/h2-12,14,16,21,23H,13,15H2,1H3/i3D. The summed E-state index contributed by atoms with van der Waals surface area (Å²) < 4.78 is 7.79. The topological polar surface area (TPSA) is 0 Å². The van der Waals surface area contributed by atoms with Gasteiger partial charge in [-0.05, 0) is 47.9 Å². The van der Waals surface area contributed by atoms with Crippen LogP contribution in [0.5, 0.6) is 0 Å². The minimum atomic E-state index is 0.373. The third-order valence-corrected chi connectivity index (χ3v) is 5.09. The molecule has 0 saturated heterocycles. The fraction of sp³-hybridized carbons (Fsp3) is 0.217. The maximum absolute atomic E-state index is 7.79. The largest absolute Gasteiger partial charge is 0.0623 e. The van der Waals surface area contributed by atoms with Crippen LogP contribution in [0.4, 0.5) is 0 Å². The molecule has 23 heavy (non-hydrogen) atoms. The molecule has 0 bridgehead atoms. The number of fused-ring (bicyclic) bond motifs is 1. The van der Waals surface area contributed by atoms with Gasteiger partial charge in [0.05, 0.1) is 1.37 Å². The molecule has 0 N–H and O–H groups in total. The van der Waals surface area contributed by atoms with Crippen LogP contribution >= 0.6 is 0 Å². The summed E-state index contributed by atoms with van der Waals surface area (Å²) in [5.74, 6) is 0.871. The highest BCUT2D eigenvalue weighted by molar-refractivity contribution is 5.46. The normalized spacial score (nSPS) is 20.7. The zero-order valence-corrected chi connectivity index (χ0v) is 13.5. The summed E-state index contributed by atoms with van der Waals surface area (Å²) in [4.78, 5) is 0. The van der Waals surface area contributed by atoms with E-state index < -0.39 is 0 Å². The highest BCUT2D eigenvalue weighted by atomic mass is 14.3. The van der Waals surface area contributed by atoms with E-state index in [2.05, 4.69) is 67.6 Å². The van der Waals surface area contributed by atoms with E-state index in [1.54, 1.807) is 0 Å². The molecule has 3 aromatic carbocycles. The van der Waals surface area contributed by atoms with E-state index in [0.29, 0.717) is 17.9 Å². The van der Waals surface area contributed by atoms with E-state index >= 15 is 0 Å². The lowest BCUT2D eigenvalue weighted by atomic mass is 9.69. The fourth-order valence-corrected chi connectivity index (χ4v) is 4.03. The van der Waals surface area contributed by atoms with Gasteiger partial charge in [0.1, 0.15) is 0 Å². The first-order valence-electron chi connectivity index (χ1n) is 8.93. The molecule has 4 rings (SSSR count). The summed E-state index contributed by atoms with van der Waals surface area (Å²) in [6.45, 7) is 2.17. The second-order valence-corrected chi connectivity index (χ2v) is 6.57. The van der Waals surface area contributed by atoms with Crippen LogP contribution in [0.2, 0.25) is 0 Å². The SMILES string of the molecule is [2H]c1ccc(C2c3ccc(C)cc3CCC2c2ccccc2)cc1. The van der Waals surface area contributed by atoms with Crippen molar-refractivity contribution < 1.29 is 1.37 Å². The van der Waals surface area contributed by atoms with Gasteiger partial charge in [-0.3, -0.25) is 0 Å². The van der Waals surface area contributed by atoms with E-state index in [9.17, 15) is 0 Å². The van der Waals surface area contributed by atoms with Gasteiger partial charge in [-0.1, -0.05) is 84.4 Å². The first-order chi connectivity index (χ1) is 11.7. The molecule has 0 aliphatic heterocycles. The molecule has 0 radical (unpaired) electrons. The summed E-state index contributed by atoms with van der Waals surface area (Å²) in [7, 11) is 0. The Morgan fingerprint density at radius 1 is 0.870 bits per heavy atom. The van der Waals surface area contributed by atoms with Crippen molar-refractivity contribution in [1.29, 1.82) is 0 Å². The Bertz CT molecular complexity index is 834. The van der Waals surface area contributed by atoms with E-state index in [1.807, 2.05) is 12.1 Å². The summed E-state index contributed by atoms with van der Waals surface area (Å²) in [6, 6.07) is 26.5. The molecule has 0 spiro atoms. The molecule has 3 aromatic rings. The zero-order chi connectivity index (χ0) is 16.5. The van der Waals surface area contributed by atoms with Crippen LogP contribution in [0.3, 0.4) is 0 Å². The van der Waals surface area contributed by atoms with Crippen LogP contribution in [0, 0.1) is 6.92 Å². The lowest BCUT2D eigenvalue weighted by molar-refractivity contribution is 0.524. The van der Waals surface area contributed by atoms with Crippen molar-refractivity contribution >= 4 is 0 Å². The summed E-state index contributed by atoms with van der Waals surface area (Å²) in [5.41, 5.74) is 7.03.